The summed E-state index contributed by atoms with van der Waals surface area (Å²) in [4.78, 5) is 9.25. The maximum absolute atomic E-state index is 9.25. The lowest BCUT2D eigenvalue weighted by atomic mass is 9.94. The SMILES string of the molecule is C=CC(=O)O.OCC(CO)C(CO)C(O)O. The van der Waals surface area contributed by atoms with E-state index in [1.54, 1.807) is 0 Å². The first kappa shape index (κ1) is 17.4. The summed E-state index contributed by atoms with van der Waals surface area (Å²) in [5.41, 5.74) is 0. The molecule has 0 saturated carbocycles. The zero-order valence-electron chi connectivity index (χ0n) is 8.73. The lowest BCUT2D eigenvalue weighted by Crippen LogP contribution is -2.34. The summed E-state index contributed by atoms with van der Waals surface area (Å²) in [5, 5.41) is 50.6. The zero-order chi connectivity index (χ0) is 13.1. The Morgan fingerprint density at radius 2 is 1.50 bits per heavy atom. The van der Waals surface area contributed by atoms with Crippen molar-refractivity contribution >= 4 is 5.97 Å². The predicted octanol–water partition coefficient (Wildman–Crippen LogP) is -2.24. The molecule has 1 atom stereocenters. The van der Waals surface area contributed by atoms with Gasteiger partial charge >= 0.3 is 5.97 Å². The van der Waals surface area contributed by atoms with Crippen LogP contribution in [0.2, 0.25) is 0 Å². The van der Waals surface area contributed by atoms with Crippen LogP contribution < -0.4 is 0 Å². The standard InChI is InChI=1S/C6H14O5.C3H4O2/c7-1-4(2-8)5(3-9)6(10)11;1-2-3(4)5/h4-11H,1-3H2;2H,1H2,(H,4,5). The molecule has 7 heteroatoms. The molecule has 1 unspecified atom stereocenters. The van der Waals surface area contributed by atoms with Crippen molar-refractivity contribution in [2.75, 3.05) is 19.8 Å². The molecule has 0 saturated heterocycles. The van der Waals surface area contributed by atoms with Crippen molar-refractivity contribution in [1.82, 2.24) is 0 Å². The number of aliphatic carboxylic acids is 1. The average Bonchev–Trinajstić information content (AvgIpc) is 2.25. The molecule has 0 aliphatic rings. The van der Waals surface area contributed by atoms with Gasteiger partial charge in [0.2, 0.25) is 0 Å². The van der Waals surface area contributed by atoms with Gasteiger partial charge in [0.15, 0.2) is 6.29 Å². The molecule has 0 rings (SSSR count). The maximum atomic E-state index is 9.25. The van der Waals surface area contributed by atoms with Crippen molar-refractivity contribution in [3.8, 4) is 0 Å². The van der Waals surface area contributed by atoms with Gasteiger partial charge in [-0.15, -0.1) is 0 Å². The molecule has 0 bridgehead atoms. The number of aliphatic hydroxyl groups is 5. The van der Waals surface area contributed by atoms with Gasteiger partial charge in [-0.05, 0) is 0 Å². The highest BCUT2D eigenvalue weighted by Crippen LogP contribution is 2.13. The average molecular weight is 238 g/mol. The van der Waals surface area contributed by atoms with E-state index >= 15 is 0 Å². The topological polar surface area (TPSA) is 138 Å². The Morgan fingerprint density at radius 3 is 1.56 bits per heavy atom. The van der Waals surface area contributed by atoms with Gasteiger partial charge in [-0.2, -0.15) is 0 Å². The Balaban J connectivity index is 0. The molecule has 7 nitrogen and oxygen atoms in total. The number of carboxylic acid groups (broad SMARTS) is 1. The second-order valence-electron chi connectivity index (χ2n) is 2.93. The summed E-state index contributed by atoms with van der Waals surface area (Å²) in [7, 11) is 0. The van der Waals surface area contributed by atoms with E-state index in [1.807, 2.05) is 0 Å². The zero-order valence-corrected chi connectivity index (χ0v) is 8.73. The lowest BCUT2D eigenvalue weighted by molar-refractivity contribution is -0.131. The van der Waals surface area contributed by atoms with Crippen LogP contribution in [0.5, 0.6) is 0 Å². The maximum Gasteiger partial charge on any atom is 0.327 e. The minimum Gasteiger partial charge on any atom is -0.478 e. The monoisotopic (exact) mass is 238 g/mol. The van der Waals surface area contributed by atoms with Crippen molar-refractivity contribution in [1.29, 1.82) is 0 Å². The largest absolute Gasteiger partial charge is 0.478 e. The first-order valence-electron chi connectivity index (χ1n) is 4.48. The Labute approximate surface area is 92.9 Å². The van der Waals surface area contributed by atoms with Crippen LogP contribution in [-0.2, 0) is 4.79 Å². The van der Waals surface area contributed by atoms with Crippen LogP contribution in [0.1, 0.15) is 0 Å². The lowest BCUT2D eigenvalue weighted by Gasteiger charge is -2.22. The molecule has 0 aliphatic heterocycles. The van der Waals surface area contributed by atoms with E-state index in [0.717, 1.165) is 6.08 Å². The van der Waals surface area contributed by atoms with Crippen LogP contribution in [0.15, 0.2) is 12.7 Å². The highest BCUT2D eigenvalue weighted by atomic mass is 16.5. The minimum absolute atomic E-state index is 0.376. The molecule has 0 spiro atoms. The number of aliphatic hydroxyl groups excluding tert-OH is 4. The molecule has 0 aromatic heterocycles. The summed E-state index contributed by atoms with van der Waals surface area (Å²) in [6, 6.07) is 0. The summed E-state index contributed by atoms with van der Waals surface area (Å²) in [5.74, 6) is -2.55. The third kappa shape index (κ3) is 8.33. The molecule has 0 radical (unpaired) electrons. The second kappa shape index (κ2) is 10.5. The van der Waals surface area contributed by atoms with Crippen molar-refractivity contribution in [2.24, 2.45) is 11.8 Å². The predicted molar refractivity (Wildman–Crippen MR) is 54.3 cm³/mol. The Hall–Kier alpha value is -0.990. The number of hydrogen-bond donors (Lipinski definition) is 6. The van der Waals surface area contributed by atoms with Crippen LogP contribution in [0.25, 0.3) is 0 Å². The first-order chi connectivity index (χ1) is 7.44. The van der Waals surface area contributed by atoms with Crippen LogP contribution in [-0.4, -0.2) is 62.7 Å². The highest BCUT2D eigenvalue weighted by molar-refractivity contribution is 5.78. The molecule has 0 aliphatic carbocycles. The molecule has 96 valence electrons. The van der Waals surface area contributed by atoms with E-state index in [1.165, 1.54) is 0 Å². The number of carboxylic acids is 1. The van der Waals surface area contributed by atoms with Crippen LogP contribution in [0.3, 0.4) is 0 Å². The normalized spacial score (nSPS) is 11.9. The summed E-state index contributed by atoms with van der Waals surface area (Å²) in [6.07, 6.45) is -0.871. The number of carbonyl (C=O) groups is 1. The second-order valence-corrected chi connectivity index (χ2v) is 2.93. The van der Waals surface area contributed by atoms with Gasteiger partial charge < -0.3 is 30.6 Å². The smallest absolute Gasteiger partial charge is 0.327 e. The quantitative estimate of drug-likeness (QED) is 0.227. The van der Waals surface area contributed by atoms with Crippen molar-refractivity contribution in [3.63, 3.8) is 0 Å². The fraction of sp³-hybridized carbons (Fsp3) is 0.667. The summed E-state index contributed by atoms with van der Waals surface area (Å²) >= 11 is 0. The molecule has 0 aromatic rings. The van der Waals surface area contributed by atoms with E-state index in [-0.39, 0.29) is 13.2 Å². The molecule has 16 heavy (non-hydrogen) atoms. The van der Waals surface area contributed by atoms with Crippen LogP contribution in [0.4, 0.5) is 0 Å². The Bertz CT molecular complexity index is 188. The highest BCUT2D eigenvalue weighted by Gasteiger charge is 2.25. The number of hydrogen-bond acceptors (Lipinski definition) is 6. The molecule has 0 aromatic carbocycles. The van der Waals surface area contributed by atoms with E-state index in [2.05, 4.69) is 6.58 Å². The minimum atomic E-state index is -1.70. The van der Waals surface area contributed by atoms with Crippen LogP contribution >= 0.6 is 0 Å². The number of rotatable bonds is 6. The Morgan fingerprint density at radius 1 is 1.12 bits per heavy atom. The molecular weight excluding hydrogens is 220 g/mol. The molecule has 6 N–H and O–H groups in total. The summed E-state index contributed by atoms with van der Waals surface area (Å²) < 4.78 is 0. The van der Waals surface area contributed by atoms with Crippen molar-refractivity contribution in [3.05, 3.63) is 12.7 Å². The van der Waals surface area contributed by atoms with Gasteiger partial charge in [0.1, 0.15) is 0 Å². The fourth-order valence-electron chi connectivity index (χ4n) is 0.815. The fourth-order valence-corrected chi connectivity index (χ4v) is 0.815. The molecule has 0 fully saturated rings. The van der Waals surface area contributed by atoms with E-state index in [0.29, 0.717) is 0 Å². The molecular formula is C9H18O7. The van der Waals surface area contributed by atoms with E-state index in [4.69, 9.17) is 30.6 Å². The van der Waals surface area contributed by atoms with E-state index in [9.17, 15) is 4.79 Å². The Kier molecular flexibility index (Phi) is 11.5. The van der Waals surface area contributed by atoms with E-state index < -0.39 is 30.7 Å². The van der Waals surface area contributed by atoms with Gasteiger partial charge in [0.25, 0.3) is 0 Å². The van der Waals surface area contributed by atoms with Gasteiger partial charge in [-0.1, -0.05) is 6.58 Å². The first-order valence-corrected chi connectivity index (χ1v) is 4.48. The van der Waals surface area contributed by atoms with Crippen molar-refractivity contribution in [2.45, 2.75) is 6.29 Å². The molecule has 0 heterocycles. The van der Waals surface area contributed by atoms with Gasteiger partial charge in [-0.3, -0.25) is 0 Å². The van der Waals surface area contributed by atoms with Gasteiger partial charge in [0.05, 0.1) is 6.61 Å². The van der Waals surface area contributed by atoms with Crippen LogP contribution in [0, 0.1) is 11.8 Å². The van der Waals surface area contributed by atoms with Crippen molar-refractivity contribution < 1.29 is 35.4 Å². The van der Waals surface area contributed by atoms with Gasteiger partial charge in [0, 0.05) is 31.1 Å². The van der Waals surface area contributed by atoms with Gasteiger partial charge in [-0.25, -0.2) is 4.79 Å². The molecule has 0 amide bonds. The third-order valence-corrected chi connectivity index (χ3v) is 1.84. The summed E-state index contributed by atoms with van der Waals surface area (Å²) in [6.45, 7) is 1.74. The third-order valence-electron chi connectivity index (χ3n) is 1.84.